The van der Waals surface area contributed by atoms with Crippen LogP contribution in [0, 0.1) is 5.82 Å². The predicted molar refractivity (Wildman–Crippen MR) is 100 cm³/mol. The number of carbonyl (C=O) groups is 1. The van der Waals surface area contributed by atoms with Gasteiger partial charge >= 0.3 is 0 Å². The van der Waals surface area contributed by atoms with Crippen molar-refractivity contribution in [3.05, 3.63) is 30.1 Å². The summed E-state index contributed by atoms with van der Waals surface area (Å²) in [5, 5.41) is 6.90. The molecule has 0 spiro atoms. The van der Waals surface area contributed by atoms with Gasteiger partial charge in [0, 0.05) is 5.69 Å². The molecule has 1 aliphatic heterocycles. The lowest BCUT2D eigenvalue weighted by Gasteiger charge is -2.33. The Morgan fingerprint density at radius 2 is 1.92 bits per heavy atom. The molecule has 4 N–H and O–H groups in total. The summed E-state index contributed by atoms with van der Waals surface area (Å²) in [6, 6.07) is 5.82. The molecular formula is C17H28FN5OS+2. The van der Waals surface area contributed by atoms with Crippen molar-refractivity contribution in [3.8, 4) is 0 Å². The number of halogens is 1. The van der Waals surface area contributed by atoms with Crippen LogP contribution in [0.5, 0.6) is 0 Å². The first-order valence-corrected chi connectivity index (χ1v) is 9.05. The van der Waals surface area contributed by atoms with Crippen molar-refractivity contribution < 1.29 is 19.0 Å². The molecule has 0 radical (unpaired) electrons. The lowest BCUT2D eigenvalue weighted by molar-refractivity contribution is -0.895. The number of thiocarbonyl (C=S) groups is 1. The number of nitrogens with zero attached hydrogens (tertiary/aromatic N) is 1. The highest BCUT2D eigenvalue weighted by Gasteiger charge is 2.23. The van der Waals surface area contributed by atoms with Gasteiger partial charge in [-0.25, -0.2) is 4.39 Å². The van der Waals surface area contributed by atoms with Gasteiger partial charge in [-0.1, -0.05) is 0 Å². The van der Waals surface area contributed by atoms with E-state index < -0.39 is 0 Å². The van der Waals surface area contributed by atoms with E-state index in [-0.39, 0.29) is 11.7 Å². The molecule has 0 bridgehead atoms. The quantitative estimate of drug-likeness (QED) is 0.438. The van der Waals surface area contributed by atoms with Crippen molar-refractivity contribution in [2.45, 2.75) is 0 Å². The third-order valence-electron chi connectivity index (χ3n) is 4.20. The highest BCUT2D eigenvalue weighted by molar-refractivity contribution is 7.80. The second-order valence-corrected chi connectivity index (χ2v) is 7.04. The van der Waals surface area contributed by atoms with Crippen LogP contribution in [0.15, 0.2) is 24.3 Å². The number of piperazine rings is 1. The number of rotatable bonds is 6. The normalized spacial score (nSPS) is 15.3. The average Bonchev–Trinajstić information content (AvgIpc) is 2.57. The van der Waals surface area contributed by atoms with Gasteiger partial charge in [0.1, 0.15) is 5.82 Å². The minimum Gasteiger partial charge on any atom is -0.357 e. The molecule has 0 aliphatic carbocycles. The van der Waals surface area contributed by atoms with E-state index in [1.165, 1.54) is 21.9 Å². The maximum absolute atomic E-state index is 12.9. The maximum atomic E-state index is 12.9. The second-order valence-electron chi connectivity index (χ2n) is 6.66. The molecule has 0 unspecified atom stereocenters. The molecule has 1 aromatic rings. The van der Waals surface area contributed by atoms with Gasteiger partial charge in [0.15, 0.2) is 11.7 Å². The van der Waals surface area contributed by atoms with Crippen molar-refractivity contribution in [2.24, 2.45) is 0 Å². The van der Waals surface area contributed by atoms with Crippen LogP contribution in [0.3, 0.4) is 0 Å². The van der Waals surface area contributed by atoms with Crippen molar-refractivity contribution in [1.29, 1.82) is 0 Å². The Hall–Kier alpha value is -1.77. The summed E-state index contributed by atoms with van der Waals surface area (Å²) in [5.74, 6) is -0.360. The van der Waals surface area contributed by atoms with Gasteiger partial charge in [0.25, 0.3) is 5.91 Å². The molecule has 1 heterocycles. The van der Waals surface area contributed by atoms with Crippen LogP contribution < -0.4 is 20.4 Å². The first-order valence-electron chi connectivity index (χ1n) is 8.65. The topological polar surface area (TPSA) is 53.2 Å². The summed E-state index contributed by atoms with van der Waals surface area (Å²) in [5.41, 5.74) is 0.623. The SMILES string of the molecule is C[NH+](C)CCNC(=S)N1CC[NH+](CC(=O)Nc2ccc(F)cc2)CC1. The summed E-state index contributed by atoms with van der Waals surface area (Å²) < 4.78 is 12.9. The van der Waals surface area contributed by atoms with Crippen LogP contribution in [0.4, 0.5) is 10.1 Å². The molecular weight excluding hydrogens is 341 g/mol. The van der Waals surface area contributed by atoms with Crippen LogP contribution in [-0.2, 0) is 4.79 Å². The summed E-state index contributed by atoms with van der Waals surface area (Å²) in [4.78, 5) is 16.9. The molecule has 6 nitrogen and oxygen atoms in total. The van der Waals surface area contributed by atoms with E-state index in [1.807, 2.05) is 0 Å². The molecule has 1 saturated heterocycles. The molecule has 0 saturated carbocycles. The van der Waals surface area contributed by atoms with Crippen molar-refractivity contribution in [2.75, 3.05) is 65.2 Å². The van der Waals surface area contributed by atoms with E-state index >= 15 is 0 Å². The van der Waals surface area contributed by atoms with Gasteiger partial charge in [0.05, 0.1) is 53.4 Å². The molecule has 138 valence electrons. The minimum atomic E-state index is -0.309. The highest BCUT2D eigenvalue weighted by Crippen LogP contribution is 2.07. The largest absolute Gasteiger partial charge is 0.357 e. The van der Waals surface area contributed by atoms with Gasteiger partial charge in [-0.05, 0) is 36.5 Å². The molecule has 1 amide bonds. The third kappa shape index (κ3) is 6.93. The van der Waals surface area contributed by atoms with Gasteiger partial charge in [-0.2, -0.15) is 0 Å². The van der Waals surface area contributed by atoms with Gasteiger partial charge < -0.3 is 25.3 Å². The Balaban J connectivity index is 1.68. The van der Waals surface area contributed by atoms with Crippen molar-refractivity contribution in [1.82, 2.24) is 10.2 Å². The fourth-order valence-electron chi connectivity index (χ4n) is 2.70. The Morgan fingerprint density at radius 3 is 2.52 bits per heavy atom. The van der Waals surface area contributed by atoms with Crippen molar-refractivity contribution in [3.63, 3.8) is 0 Å². The molecule has 1 fully saturated rings. The number of hydrogen-bond acceptors (Lipinski definition) is 2. The number of amides is 1. The summed E-state index contributed by atoms with van der Waals surface area (Å²) >= 11 is 5.44. The van der Waals surface area contributed by atoms with E-state index in [9.17, 15) is 9.18 Å². The summed E-state index contributed by atoms with van der Waals surface area (Å²) in [6.45, 7) is 5.74. The van der Waals surface area contributed by atoms with Gasteiger partial charge in [0.2, 0.25) is 0 Å². The highest BCUT2D eigenvalue weighted by atomic mass is 32.1. The van der Waals surface area contributed by atoms with Crippen LogP contribution in [0.2, 0.25) is 0 Å². The zero-order valence-corrected chi connectivity index (χ0v) is 15.7. The maximum Gasteiger partial charge on any atom is 0.279 e. The van der Waals surface area contributed by atoms with Crippen LogP contribution in [0.1, 0.15) is 0 Å². The summed E-state index contributed by atoms with van der Waals surface area (Å²) in [7, 11) is 4.23. The average molecular weight is 370 g/mol. The molecule has 25 heavy (non-hydrogen) atoms. The molecule has 0 atom stereocenters. The number of likely N-dealkylation sites (N-methyl/N-ethyl adjacent to an activating group) is 1. The lowest BCUT2D eigenvalue weighted by atomic mass is 10.3. The van der Waals surface area contributed by atoms with E-state index in [0.29, 0.717) is 12.2 Å². The van der Waals surface area contributed by atoms with E-state index in [0.717, 1.165) is 44.4 Å². The number of quaternary nitrogens is 2. The first-order chi connectivity index (χ1) is 11.9. The standard InChI is InChI=1S/C17H26FN5OS/c1-21(2)8-7-19-17(25)23-11-9-22(10-12-23)13-16(24)20-15-5-3-14(18)4-6-15/h3-6H,7-13H2,1-2H3,(H,19,25)(H,20,24)/p+2. The minimum absolute atomic E-state index is 0.0512. The molecule has 0 aromatic heterocycles. The fourth-order valence-corrected chi connectivity index (χ4v) is 2.98. The number of nitrogens with one attached hydrogen (secondary N) is 4. The van der Waals surface area contributed by atoms with Crippen LogP contribution in [0.25, 0.3) is 0 Å². The third-order valence-corrected chi connectivity index (χ3v) is 4.60. The molecule has 1 aliphatic rings. The molecule has 1 aromatic carbocycles. The van der Waals surface area contributed by atoms with Gasteiger partial charge in [-0.3, -0.25) is 4.79 Å². The number of hydrogen-bond donors (Lipinski definition) is 4. The van der Waals surface area contributed by atoms with Crippen molar-refractivity contribution >= 4 is 28.9 Å². The van der Waals surface area contributed by atoms with E-state index in [4.69, 9.17) is 12.2 Å². The molecule has 2 rings (SSSR count). The van der Waals surface area contributed by atoms with E-state index in [2.05, 4.69) is 29.6 Å². The number of benzene rings is 1. The Morgan fingerprint density at radius 1 is 1.28 bits per heavy atom. The number of anilines is 1. The van der Waals surface area contributed by atoms with Crippen LogP contribution >= 0.6 is 12.2 Å². The Bertz CT molecular complexity index is 573. The van der Waals surface area contributed by atoms with Gasteiger partial charge in [-0.15, -0.1) is 0 Å². The smallest absolute Gasteiger partial charge is 0.279 e. The number of carbonyl (C=O) groups excluding carboxylic acids is 1. The lowest BCUT2D eigenvalue weighted by Crippen LogP contribution is -3.15. The Kier molecular flexibility index (Phi) is 7.54. The zero-order valence-electron chi connectivity index (χ0n) is 14.9. The van der Waals surface area contributed by atoms with Crippen LogP contribution in [-0.4, -0.2) is 75.8 Å². The summed E-state index contributed by atoms with van der Waals surface area (Å²) in [6.07, 6.45) is 0. The first kappa shape index (κ1) is 19.6. The zero-order chi connectivity index (χ0) is 18.2. The fraction of sp³-hybridized carbons (Fsp3) is 0.529. The van der Waals surface area contributed by atoms with E-state index in [1.54, 1.807) is 12.1 Å². The molecule has 8 heteroatoms. The predicted octanol–water partition coefficient (Wildman–Crippen LogP) is -2.02. The Labute approximate surface area is 154 Å². The second kappa shape index (κ2) is 9.65. The monoisotopic (exact) mass is 369 g/mol.